The first kappa shape index (κ1) is 14.0. The molecule has 0 aliphatic carbocycles. The summed E-state index contributed by atoms with van der Waals surface area (Å²) in [4.78, 5) is 11.8. The summed E-state index contributed by atoms with van der Waals surface area (Å²) in [7, 11) is 1.62. The Hall–Kier alpha value is -0.390. The van der Waals surface area contributed by atoms with Crippen LogP contribution < -0.4 is 4.74 Å². The van der Waals surface area contributed by atoms with Gasteiger partial charge in [-0.2, -0.15) is 0 Å². The van der Waals surface area contributed by atoms with E-state index in [1.807, 2.05) is 31.2 Å². The normalized spacial score (nSPS) is 31.7. The van der Waals surface area contributed by atoms with Gasteiger partial charge in [0.2, 0.25) is 0 Å². The molecule has 0 amide bonds. The van der Waals surface area contributed by atoms with Crippen molar-refractivity contribution in [3.63, 3.8) is 0 Å². The van der Waals surface area contributed by atoms with E-state index in [1.54, 1.807) is 7.11 Å². The predicted molar refractivity (Wildman–Crippen MR) is 76.7 cm³/mol. The number of hydrogen-bond acceptors (Lipinski definition) is 3. The van der Waals surface area contributed by atoms with Crippen LogP contribution in [0.4, 0.5) is 0 Å². The summed E-state index contributed by atoms with van der Waals surface area (Å²) >= 11 is 6.77. The fraction of sp³-hybridized carbons (Fsp3) is 0.462. The van der Waals surface area contributed by atoms with Gasteiger partial charge in [0, 0.05) is 5.33 Å². The number of carbonyl (C=O) groups is 1. The Bertz CT molecular complexity index is 446. The third-order valence-electron chi connectivity index (χ3n) is 3.12. The predicted octanol–water partition coefficient (Wildman–Crippen LogP) is 3.25. The number of ketones is 1. The van der Waals surface area contributed by atoms with Gasteiger partial charge >= 0.3 is 0 Å². The maximum absolute atomic E-state index is 12.1. The SMILES string of the molecule is COc1ccc([C@@H]2O[C@](C)(CBr)C(=O)[C@@H]2Br)cc1. The van der Waals surface area contributed by atoms with Crippen LogP contribution in [0.2, 0.25) is 0 Å². The zero-order chi connectivity index (χ0) is 13.3. The summed E-state index contributed by atoms with van der Waals surface area (Å²) in [5.41, 5.74) is 0.203. The molecule has 18 heavy (non-hydrogen) atoms. The fourth-order valence-electron chi connectivity index (χ4n) is 1.96. The number of alkyl halides is 2. The summed E-state index contributed by atoms with van der Waals surface area (Å²) in [6.45, 7) is 1.81. The van der Waals surface area contributed by atoms with Gasteiger partial charge in [0.1, 0.15) is 22.3 Å². The molecule has 0 saturated carbocycles. The molecule has 1 aromatic carbocycles. The molecule has 1 aliphatic heterocycles. The van der Waals surface area contributed by atoms with Crippen LogP contribution in [0, 0.1) is 0 Å². The minimum atomic E-state index is -0.765. The molecule has 5 heteroatoms. The van der Waals surface area contributed by atoms with Gasteiger partial charge in [0.25, 0.3) is 0 Å². The Morgan fingerprint density at radius 3 is 2.44 bits per heavy atom. The van der Waals surface area contributed by atoms with E-state index in [0.717, 1.165) is 11.3 Å². The first-order valence-electron chi connectivity index (χ1n) is 5.58. The third-order valence-corrected chi connectivity index (χ3v) is 5.09. The summed E-state index contributed by atoms with van der Waals surface area (Å²) in [5, 5.41) is 0.494. The fourth-order valence-corrected chi connectivity index (χ4v) is 3.26. The maximum Gasteiger partial charge on any atom is 0.181 e. The topological polar surface area (TPSA) is 35.5 Å². The molecule has 0 aromatic heterocycles. The molecule has 98 valence electrons. The maximum atomic E-state index is 12.1. The van der Waals surface area contributed by atoms with Gasteiger partial charge in [0.05, 0.1) is 7.11 Å². The van der Waals surface area contributed by atoms with Gasteiger partial charge in [0.15, 0.2) is 5.78 Å². The van der Waals surface area contributed by atoms with Crippen LogP contribution in [-0.2, 0) is 9.53 Å². The van der Waals surface area contributed by atoms with E-state index < -0.39 is 5.60 Å². The first-order valence-corrected chi connectivity index (χ1v) is 7.61. The highest BCUT2D eigenvalue weighted by molar-refractivity contribution is 9.10. The first-order chi connectivity index (χ1) is 8.51. The number of methoxy groups -OCH3 is 1. The number of benzene rings is 1. The Morgan fingerprint density at radius 1 is 1.39 bits per heavy atom. The van der Waals surface area contributed by atoms with Gasteiger partial charge in [-0.15, -0.1) is 0 Å². The van der Waals surface area contributed by atoms with E-state index in [9.17, 15) is 4.79 Å². The van der Waals surface area contributed by atoms with Crippen LogP contribution in [0.5, 0.6) is 5.75 Å². The van der Waals surface area contributed by atoms with Crippen molar-refractivity contribution in [2.45, 2.75) is 23.5 Å². The zero-order valence-corrected chi connectivity index (χ0v) is 13.3. The van der Waals surface area contributed by atoms with E-state index >= 15 is 0 Å². The van der Waals surface area contributed by atoms with Gasteiger partial charge in [-0.25, -0.2) is 0 Å². The number of ether oxygens (including phenoxy) is 2. The number of hydrogen-bond donors (Lipinski definition) is 0. The lowest BCUT2D eigenvalue weighted by Crippen LogP contribution is -2.35. The van der Waals surface area contributed by atoms with Crippen molar-refractivity contribution < 1.29 is 14.3 Å². The molecule has 1 fully saturated rings. The average molecular weight is 378 g/mol. The lowest BCUT2D eigenvalue weighted by atomic mass is 10.0. The minimum absolute atomic E-state index is 0.0696. The Labute approximate surface area is 123 Å². The summed E-state index contributed by atoms with van der Waals surface area (Å²) < 4.78 is 11.0. The smallest absolute Gasteiger partial charge is 0.181 e. The second kappa shape index (κ2) is 5.31. The quantitative estimate of drug-likeness (QED) is 0.758. The van der Waals surface area contributed by atoms with Crippen LogP contribution in [0.15, 0.2) is 24.3 Å². The molecule has 0 N–H and O–H groups in total. The highest BCUT2D eigenvalue weighted by Crippen LogP contribution is 2.42. The number of Topliss-reactive ketones (excluding diaryl/α,β-unsaturated/α-hetero) is 1. The van der Waals surface area contributed by atoms with E-state index in [4.69, 9.17) is 9.47 Å². The highest BCUT2D eigenvalue weighted by Gasteiger charge is 2.50. The molecule has 3 atom stereocenters. The van der Waals surface area contributed by atoms with E-state index in [1.165, 1.54) is 0 Å². The molecule has 1 aliphatic rings. The Kier molecular flexibility index (Phi) is 4.14. The number of rotatable bonds is 3. The van der Waals surface area contributed by atoms with Crippen LogP contribution in [0.1, 0.15) is 18.6 Å². The molecule has 0 unspecified atom stereocenters. The highest BCUT2D eigenvalue weighted by atomic mass is 79.9. The Balaban J connectivity index is 2.26. The third kappa shape index (κ3) is 2.36. The summed E-state index contributed by atoms with van der Waals surface area (Å²) in [6.07, 6.45) is -0.258. The molecular weight excluding hydrogens is 364 g/mol. The van der Waals surface area contributed by atoms with Crippen molar-refractivity contribution in [3.05, 3.63) is 29.8 Å². The second-order valence-electron chi connectivity index (χ2n) is 4.44. The second-order valence-corrected chi connectivity index (χ2v) is 5.99. The molecule has 3 nitrogen and oxygen atoms in total. The van der Waals surface area contributed by atoms with Gasteiger partial charge in [-0.1, -0.05) is 44.0 Å². The van der Waals surface area contributed by atoms with Crippen molar-refractivity contribution in [2.24, 2.45) is 0 Å². The molecular formula is C13H14Br2O3. The van der Waals surface area contributed by atoms with Crippen LogP contribution in [0.25, 0.3) is 0 Å². The zero-order valence-electron chi connectivity index (χ0n) is 10.2. The van der Waals surface area contributed by atoms with Gasteiger partial charge in [-0.05, 0) is 24.6 Å². The average Bonchev–Trinajstić information content (AvgIpc) is 2.64. The van der Waals surface area contributed by atoms with Crippen molar-refractivity contribution in [1.82, 2.24) is 0 Å². The lowest BCUT2D eigenvalue weighted by molar-refractivity contribution is -0.128. The van der Waals surface area contributed by atoms with Gasteiger partial charge < -0.3 is 9.47 Å². The van der Waals surface area contributed by atoms with Crippen LogP contribution in [0.3, 0.4) is 0 Å². The lowest BCUT2D eigenvalue weighted by Gasteiger charge is -2.20. The molecule has 0 bridgehead atoms. The monoisotopic (exact) mass is 376 g/mol. The molecule has 1 saturated heterocycles. The minimum Gasteiger partial charge on any atom is -0.497 e. The standard InChI is InChI=1S/C13H14Br2O3/c1-13(7-14)12(16)10(15)11(18-13)8-3-5-9(17-2)6-4-8/h3-6,10-11H,7H2,1-2H3/t10-,11+,13-/m1/s1. The molecule has 0 radical (unpaired) electrons. The van der Waals surface area contributed by atoms with Crippen molar-refractivity contribution in [2.75, 3.05) is 12.4 Å². The van der Waals surface area contributed by atoms with Crippen molar-refractivity contribution >= 4 is 37.6 Å². The summed E-state index contributed by atoms with van der Waals surface area (Å²) in [5.74, 6) is 0.859. The number of halogens is 2. The Morgan fingerprint density at radius 2 is 2.00 bits per heavy atom. The van der Waals surface area contributed by atoms with Crippen molar-refractivity contribution in [3.8, 4) is 5.75 Å². The van der Waals surface area contributed by atoms with E-state index in [2.05, 4.69) is 31.9 Å². The molecule has 2 rings (SSSR count). The molecule has 1 heterocycles. The van der Waals surface area contributed by atoms with E-state index in [0.29, 0.717) is 5.33 Å². The van der Waals surface area contributed by atoms with E-state index in [-0.39, 0.29) is 16.7 Å². The van der Waals surface area contributed by atoms with Gasteiger partial charge in [-0.3, -0.25) is 4.79 Å². The van der Waals surface area contributed by atoms with Crippen molar-refractivity contribution in [1.29, 1.82) is 0 Å². The largest absolute Gasteiger partial charge is 0.497 e. The number of carbonyl (C=O) groups excluding carboxylic acids is 1. The molecule has 1 aromatic rings. The van der Waals surface area contributed by atoms with Crippen LogP contribution in [-0.4, -0.2) is 28.7 Å². The summed E-state index contributed by atoms with van der Waals surface area (Å²) in [6, 6.07) is 7.58. The van der Waals surface area contributed by atoms with Crippen LogP contribution >= 0.6 is 31.9 Å². The molecule has 0 spiro atoms.